The molecule has 0 fully saturated rings. The predicted octanol–water partition coefficient (Wildman–Crippen LogP) is 0.471. The fourth-order valence-electron chi connectivity index (χ4n) is 1.45. The van der Waals surface area contributed by atoms with E-state index in [1.807, 2.05) is 0 Å². The molecule has 1 rings (SSSR count). The Labute approximate surface area is 123 Å². The van der Waals surface area contributed by atoms with Gasteiger partial charge in [-0.2, -0.15) is 0 Å². The van der Waals surface area contributed by atoms with Crippen LogP contribution in [-0.2, 0) is 9.53 Å². The maximum Gasteiger partial charge on any atom is 0.255 e. The molecule has 0 saturated carbocycles. The highest BCUT2D eigenvalue weighted by Gasteiger charge is 2.09. The minimum absolute atomic E-state index is 0.202. The molecule has 0 aliphatic rings. The molecule has 0 radical (unpaired) electrons. The normalized spacial score (nSPS) is 9.90. The average molecular weight is 298 g/mol. The predicted molar refractivity (Wildman–Crippen MR) is 79.3 cm³/mol. The van der Waals surface area contributed by atoms with E-state index in [2.05, 4.69) is 5.32 Å². The molecule has 20 heavy (non-hydrogen) atoms. The number of rotatable bonds is 8. The number of nitrogens with one attached hydrogen (secondary N) is 1. The van der Waals surface area contributed by atoms with Crippen molar-refractivity contribution in [1.82, 2.24) is 5.32 Å². The number of ether oxygens (including phenoxy) is 3. The number of methoxy groups -OCH3 is 2. The first-order chi connectivity index (χ1) is 9.58. The second kappa shape index (κ2) is 8.34. The number of benzene rings is 1. The molecule has 0 heterocycles. The molecule has 0 saturated heterocycles. The maximum atomic E-state index is 10.7. The number of carbonyl (C=O) groups excluding carboxylic acids is 1. The van der Waals surface area contributed by atoms with Gasteiger partial charge in [-0.15, -0.1) is 0 Å². The fourth-order valence-corrected chi connectivity index (χ4v) is 1.67. The number of thiocarbonyl (C=S) groups is 1. The van der Waals surface area contributed by atoms with E-state index in [0.717, 1.165) is 5.56 Å². The zero-order chi connectivity index (χ0) is 15.0. The van der Waals surface area contributed by atoms with Gasteiger partial charge < -0.3 is 25.3 Å². The number of hydrogen-bond acceptors (Lipinski definition) is 5. The monoisotopic (exact) mass is 298 g/mol. The van der Waals surface area contributed by atoms with Crippen molar-refractivity contribution in [3.63, 3.8) is 0 Å². The lowest BCUT2D eigenvalue weighted by molar-refractivity contribution is -0.119. The standard InChI is InChI=1S/C13H18N2O4S/c1-17-6-5-15-13(20)9-3-4-10(11(7-9)18-2)19-8-12(14)16/h3-4,7H,5-6,8H2,1-2H3,(H2,14,16)(H,15,20). The van der Waals surface area contributed by atoms with Crippen LogP contribution >= 0.6 is 12.2 Å². The van der Waals surface area contributed by atoms with E-state index in [0.29, 0.717) is 29.6 Å². The van der Waals surface area contributed by atoms with Gasteiger partial charge in [-0.3, -0.25) is 4.79 Å². The first-order valence-corrected chi connectivity index (χ1v) is 6.35. The largest absolute Gasteiger partial charge is 0.493 e. The highest BCUT2D eigenvalue weighted by molar-refractivity contribution is 7.80. The molecule has 1 aromatic rings. The van der Waals surface area contributed by atoms with Crippen molar-refractivity contribution in [2.45, 2.75) is 0 Å². The van der Waals surface area contributed by atoms with Crippen LogP contribution in [0.2, 0.25) is 0 Å². The summed E-state index contributed by atoms with van der Waals surface area (Å²) in [4.78, 5) is 11.3. The highest BCUT2D eigenvalue weighted by Crippen LogP contribution is 2.28. The van der Waals surface area contributed by atoms with Crippen LogP contribution in [0.3, 0.4) is 0 Å². The molecule has 0 aliphatic heterocycles. The molecular formula is C13H18N2O4S. The Morgan fingerprint density at radius 1 is 1.35 bits per heavy atom. The van der Waals surface area contributed by atoms with E-state index in [-0.39, 0.29) is 6.61 Å². The van der Waals surface area contributed by atoms with Gasteiger partial charge in [0.25, 0.3) is 5.91 Å². The molecule has 0 spiro atoms. The van der Waals surface area contributed by atoms with E-state index in [1.165, 1.54) is 7.11 Å². The van der Waals surface area contributed by atoms with Gasteiger partial charge in [0.05, 0.1) is 13.7 Å². The summed E-state index contributed by atoms with van der Waals surface area (Å²) in [6.07, 6.45) is 0. The van der Waals surface area contributed by atoms with Crippen LogP contribution in [0.5, 0.6) is 11.5 Å². The lowest BCUT2D eigenvalue weighted by atomic mass is 10.2. The molecule has 7 heteroatoms. The van der Waals surface area contributed by atoms with Crippen LogP contribution in [0.25, 0.3) is 0 Å². The Balaban J connectivity index is 2.75. The maximum absolute atomic E-state index is 10.7. The second-order valence-corrected chi connectivity index (χ2v) is 4.28. The molecule has 0 aromatic heterocycles. The summed E-state index contributed by atoms with van der Waals surface area (Å²) in [5, 5.41) is 3.06. The zero-order valence-electron chi connectivity index (χ0n) is 11.5. The number of carbonyl (C=O) groups is 1. The molecular weight excluding hydrogens is 280 g/mol. The molecule has 1 aromatic carbocycles. The fraction of sp³-hybridized carbons (Fsp3) is 0.385. The van der Waals surface area contributed by atoms with Gasteiger partial charge in [0.2, 0.25) is 0 Å². The van der Waals surface area contributed by atoms with Gasteiger partial charge in [0.1, 0.15) is 4.99 Å². The summed E-state index contributed by atoms with van der Waals surface area (Å²) in [7, 11) is 3.14. The van der Waals surface area contributed by atoms with Crippen molar-refractivity contribution in [2.75, 3.05) is 34.0 Å². The topological polar surface area (TPSA) is 82.8 Å². The van der Waals surface area contributed by atoms with Crippen LogP contribution in [-0.4, -0.2) is 44.9 Å². The molecule has 110 valence electrons. The molecule has 1 amide bonds. The van der Waals surface area contributed by atoms with E-state index in [9.17, 15) is 4.79 Å². The van der Waals surface area contributed by atoms with Crippen molar-refractivity contribution in [3.8, 4) is 11.5 Å². The van der Waals surface area contributed by atoms with Crippen molar-refractivity contribution >= 4 is 23.1 Å². The summed E-state index contributed by atoms with van der Waals surface area (Å²) in [5.74, 6) is 0.377. The van der Waals surface area contributed by atoms with Crippen LogP contribution in [0.15, 0.2) is 18.2 Å². The number of primary amides is 1. The summed E-state index contributed by atoms with van der Waals surface area (Å²) in [6, 6.07) is 5.20. The van der Waals surface area contributed by atoms with E-state index in [4.69, 9.17) is 32.2 Å². The third-order valence-corrected chi connectivity index (χ3v) is 2.77. The van der Waals surface area contributed by atoms with Crippen LogP contribution < -0.4 is 20.5 Å². The first kappa shape index (κ1) is 16.2. The Morgan fingerprint density at radius 2 is 2.10 bits per heavy atom. The van der Waals surface area contributed by atoms with Crippen LogP contribution in [0, 0.1) is 0 Å². The van der Waals surface area contributed by atoms with Crippen molar-refractivity contribution < 1.29 is 19.0 Å². The molecule has 0 bridgehead atoms. The van der Waals surface area contributed by atoms with Gasteiger partial charge >= 0.3 is 0 Å². The number of nitrogens with two attached hydrogens (primary N) is 1. The quantitative estimate of drug-likeness (QED) is 0.536. The Hall–Kier alpha value is -1.86. The molecule has 6 nitrogen and oxygen atoms in total. The van der Waals surface area contributed by atoms with Gasteiger partial charge in [0.15, 0.2) is 18.1 Å². The molecule has 0 aliphatic carbocycles. The number of hydrogen-bond donors (Lipinski definition) is 2. The second-order valence-electron chi connectivity index (χ2n) is 3.87. The lowest BCUT2D eigenvalue weighted by Crippen LogP contribution is -2.26. The van der Waals surface area contributed by atoms with Crippen LogP contribution in [0.1, 0.15) is 5.56 Å². The van der Waals surface area contributed by atoms with Gasteiger partial charge in [-0.25, -0.2) is 0 Å². The molecule has 0 atom stereocenters. The van der Waals surface area contributed by atoms with Gasteiger partial charge in [-0.1, -0.05) is 12.2 Å². The summed E-state index contributed by atoms with van der Waals surface area (Å²) >= 11 is 5.25. The molecule has 3 N–H and O–H groups in total. The van der Waals surface area contributed by atoms with E-state index >= 15 is 0 Å². The minimum Gasteiger partial charge on any atom is -0.493 e. The minimum atomic E-state index is -0.548. The number of amides is 1. The van der Waals surface area contributed by atoms with Crippen molar-refractivity contribution in [3.05, 3.63) is 23.8 Å². The van der Waals surface area contributed by atoms with Gasteiger partial charge in [-0.05, 0) is 18.2 Å². The third-order valence-electron chi connectivity index (χ3n) is 2.39. The Morgan fingerprint density at radius 3 is 2.70 bits per heavy atom. The Bertz CT molecular complexity index is 479. The summed E-state index contributed by atoms with van der Waals surface area (Å²) in [5.41, 5.74) is 5.82. The first-order valence-electron chi connectivity index (χ1n) is 5.94. The van der Waals surface area contributed by atoms with E-state index in [1.54, 1.807) is 25.3 Å². The van der Waals surface area contributed by atoms with Crippen LogP contribution in [0.4, 0.5) is 0 Å². The lowest BCUT2D eigenvalue weighted by Gasteiger charge is -2.12. The third kappa shape index (κ3) is 5.02. The van der Waals surface area contributed by atoms with Gasteiger partial charge in [0, 0.05) is 19.2 Å². The van der Waals surface area contributed by atoms with Crippen molar-refractivity contribution in [2.24, 2.45) is 5.73 Å². The summed E-state index contributed by atoms with van der Waals surface area (Å²) in [6.45, 7) is 0.987. The van der Waals surface area contributed by atoms with E-state index < -0.39 is 5.91 Å². The molecule has 0 unspecified atom stereocenters. The average Bonchev–Trinajstić information content (AvgIpc) is 2.44. The zero-order valence-corrected chi connectivity index (χ0v) is 12.3. The smallest absolute Gasteiger partial charge is 0.255 e. The highest BCUT2D eigenvalue weighted by atomic mass is 32.1. The Kier molecular flexibility index (Phi) is 6.75. The SMILES string of the molecule is COCCNC(=S)c1ccc(OCC(N)=O)c(OC)c1. The van der Waals surface area contributed by atoms with Crippen molar-refractivity contribution in [1.29, 1.82) is 0 Å². The summed E-state index contributed by atoms with van der Waals surface area (Å²) < 4.78 is 15.4.